The van der Waals surface area contributed by atoms with Gasteiger partial charge >= 0.3 is 0 Å². The van der Waals surface area contributed by atoms with Crippen LogP contribution >= 0.6 is 0 Å². The van der Waals surface area contributed by atoms with Gasteiger partial charge in [0.15, 0.2) is 0 Å². The number of nitriles is 1. The van der Waals surface area contributed by atoms with Crippen LogP contribution in [0.1, 0.15) is 44.2 Å². The molecule has 1 aliphatic rings. The maximum absolute atomic E-state index is 14.2. The van der Waals surface area contributed by atoms with E-state index in [1.165, 1.54) is 12.5 Å². The summed E-state index contributed by atoms with van der Waals surface area (Å²) in [6.45, 7) is 6.82. The minimum atomic E-state index is -0.360. The molecule has 1 unspecified atom stereocenters. The van der Waals surface area contributed by atoms with Crippen molar-refractivity contribution in [3.8, 4) is 6.07 Å². The van der Waals surface area contributed by atoms with Gasteiger partial charge in [-0.15, -0.1) is 0 Å². The van der Waals surface area contributed by atoms with Crippen LogP contribution in [0.15, 0.2) is 18.2 Å². The highest BCUT2D eigenvalue weighted by molar-refractivity contribution is 5.34. The Labute approximate surface area is 126 Å². The van der Waals surface area contributed by atoms with Crippen LogP contribution in [0.2, 0.25) is 0 Å². The van der Waals surface area contributed by atoms with Crippen molar-refractivity contribution in [1.29, 1.82) is 5.26 Å². The van der Waals surface area contributed by atoms with E-state index in [2.05, 4.69) is 24.1 Å². The monoisotopic (exact) mass is 289 g/mol. The molecule has 0 spiro atoms. The van der Waals surface area contributed by atoms with E-state index < -0.39 is 0 Å². The molecule has 21 heavy (non-hydrogen) atoms. The number of likely N-dealkylation sites (tertiary alicyclic amines) is 1. The van der Waals surface area contributed by atoms with E-state index in [-0.39, 0.29) is 11.4 Å². The van der Waals surface area contributed by atoms with Gasteiger partial charge in [0.1, 0.15) is 11.9 Å². The highest BCUT2D eigenvalue weighted by Gasteiger charge is 2.23. The maximum Gasteiger partial charge on any atom is 0.145 e. The highest BCUT2D eigenvalue weighted by Crippen LogP contribution is 2.21. The first-order valence-corrected chi connectivity index (χ1v) is 7.76. The first-order valence-electron chi connectivity index (χ1n) is 7.76. The second kappa shape index (κ2) is 7.53. The molecule has 0 amide bonds. The summed E-state index contributed by atoms with van der Waals surface area (Å²) in [5.74, 6) is -0.360. The Morgan fingerprint density at radius 2 is 2.24 bits per heavy atom. The Morgan fingerprint density at radius 3 is 2.95 bits per heavy atom. The maximum atomic E-state index is 14.2. The third-order valence-corrected chi connectivity index (χ3v) is 4.08. The van der Waals surface area contributed by atoms with Crippen molar-refractivity contribution >= 4 is 0 Å². The minimum absolute atomic E-state index is 0.140. The van der Waals surface area contributed by atoms with Crippen molar-refractivity contribution in [1.82, 2.24) is 10.2 Å². The predicted octanol–water partition coefficient (Wildman–Crippen LogP) is 3.05. The molecule has 1 aliphatic heterocycles. The number of hydrogen-bond acceptors (Lipinski definition) is 3. The van der Waals surface area contributed by atoms with Crippen molar-refractivity contribution < 1.29 is 4.39 Å². The third-order valence-electron chi connectivity index (χ3n) is 4.08. The fourth-order valence-electron chi connectivity index (χ4n) is 2.88. The van der Waals surface area contributed by atoms with Crippen LogP contribution in [0.5, 0.6) is 0 Å². The summed E-state index contributed by atoms with van der Waals surface area (Å²) in [6, 6.07) is 7.92. The zero-order chi connectivity index (χ0) is 15.2. The molecule has 1 heterocycles. The summed E-state index contributed by atoms with van der Waals surface area (Å²) in [7, 11) is 0. The molecule has 0 bridgehead atoms. The summed E-state index contributed by atoms with van der Waals surface area (Å²) in [5.41, 5.74) is 0.770. The van der Waals surface area contributed by atoms with Crippen molar-refractivity contribution in [2.45, 2.75) is 51.7 Å². The molecular weight excluding hydrogens is 265 g/mol. The van der Waals surface area contributed by atoms with Gasteiger partial charge in [0, 0.05) is 30.7 Å². The number of piperidine rings is 1. The van der Waals surface area contributed by atoms with Gasteiger partial charge in [0.2, 0.25) is 0 Å². The van der Waals surface area contributed by atoms with E-state index in [0.717, 1.165) is 25.9 Å². The molecule has 0 aromatic heterocycles. The summed E-state index contributed by atoms with van der Waals surface area (Å²) >= 11 is 0. The van der Waals surface area contributed by atoms with Gasteiger partial charge in [-0.25, -0.2) is 4.39 Å². The molecule has 1 saturated heterocycles. The van der Waals surface area contributed by atoms with Crippen LogP contribution in [0.4, 0.5) is 4.39 Å². The van der Waals surface area contributed by atoms with E-state index in [1.54, 1.807) is 12.1 Å². The Bertz CT molecular complexity index is 507. The number of nitrogens with one attached hydrogen (secondary N) is 1. The normalized spacial score (nSPS) is 19.7. The fraction of sp³-hybridized carbons (Fsp3) is 0.588. The molecule has 0 radical (unpaired) electrons. The van der Waals surface area contributed by atoms with Gasteiger partial charge < -0.3 is 5.32 Å². The molecule has 114 valence electrons. The second-order valence-corrected chi connectivity index (χ2v) is 6.07. The average molecular weight is 289 g/mol. The fourth-order valence-corrected chi connectivity index (χ4v) is 2.88. The standard InChI is InChI=1S/C17H24FN3/c1-13(2)20-11-16-8-3-4-9-21(16)12-15-7-5-6-14(10-19)17(15)18/h5-7,13,16,20H,3-4,8-9,11-12H2,1-2H3. The molecule has 1 aromatic rings. The van der Waals surface area contributed by atoms with Crippen LogP contribution in [-0.4, -0.2) is 30.1 Å². The summed E-state index contributed by atoms with van der Waals surface area (Å²) in [4.78, 5) is 2.35. The first kappa shape index (κ1) is 15.9. The molecule has 2 rings (SSSR count). The lowest BCUT2D eigenvalue weighted by molar-refractivity contribution is 0.134. The number of halogens is 1. The first-order chi connectivity index (χ1) is 10.1. The largest absolute Gasteiger partial charge is 0.313 e. The van der Waals surface area contributed by atoms with Crippen LogP contribution in [0.25, 0.3) is 0 Å². The van der Waals surface area contributed by atoms with Crippen molar-refractivity contribution in [2.75, 3.05) is 13.1 Å². The quantitative estimate of drug-likeness (QED) is 0.905. The van der Waals surface area contributed by atoms with Gasteiger partial charge in [0.05, 0.1) is 5.56 Å². The van der Waals surface area contributed by atoms with Crippen LogP contribution in [0, 0.1) is 17.1 Å². The van der Waals surface area contributed by atoms with Gasteiger partial charge in [-0.2, -0.15) is 5.26 Å². The third kappa shape index (κ3) is 4.26. The SMILES string of the molecule is CC(C)NCC1CCCCN1Cc1cccc(C#N)c1F. The molecule has 1 fully saturated rings. The van der Waals surface area contributed by atoms with Gasteiger partial charge in [-0.3, -0.25) is 4.90 Å². The number of benzene rings is 1. The average Bonchev–Trinajstić information content (AvgIpc) is 2.48. The molecule has 1 atom stereocenters. The Morgan fingerprint density at radius 1 is 1.43 bits per heavy atom. The van der Waals surface area contributed by atoms with Crippen LogP contribution in [-0.2, 0) is 6.54 Å². The lowest BCUT2D eigenvalue weighted by Crippen LogP contribution is -2.46. The Balaban J connectivity index is 2.07. The Kier molecular flexibility index (Phi) is 5.72. The topological polar surface area (TPSA) is 39.1 Å². The predicted molar refractivity (Wildman–Crippen MR) is 82.3 cm³/mol. The minimum Gasteiger partial charge on any atom is -0.313 e. The second-order valence-electron chi connectivity index (χ2n) is 6.07. The van der Waals surface area contributed by atoms with Crippen molar-refractivity contribution in [3.05, 3.63) is 35.1 Å². The molecule has 1 N–H and O–H groups in total. The van der Waals surface area contributed by atoms with Gasteiger partial charge in [-0.1, -0.05) is 32.4 Å². The van der Waals surface area contributed by atoms with E-state index in [4.69, 9.17) is 5.26 Å². The summed E-state index contributed by atoms with van der Waals surface area (Å²) < 4.78 is 14.2. The summed E-state index contributed by atoms with van der Waals surface area (Å²) in [5, 5.41) is 12.4. The van der Waals surface area contributed by atoms with Gasteiger partial charge in [0.25, 0.3) is 0 Å². The van der Waals surface area contributed by atoms with E-state index in [0.29, 0.717) is 24.2 Å². The number of rotatable bonds is 5. The van der Waals surface area contributed by atoms with E-state index in [1.807, 2.05) is 6.07 Å². The van der Waals surface area contributed by atoms with Gasteiger partial charge in [-0.05, 0) is 25.5 Å². The molecule has 3 nitrogen and oxygen atoms in total. The van der Waals surface area contributed by atoms with E-state index in [9.17, 15) is 4.39 Å². The number of hydrogen-bond donors (Lipinski definition) is 1. The lowest BCUT2D eigenvalue weighted by atomic mass is 10.00. The smallest absolute Gasteiger partial charge is 0.145 e. The summed E-state index contributed by atoms with van der Waals surface area (Å²) in [6.07, 6.45) is 3.55. The van der Waals surface area contributed by atoms with Crippen LogP contribution < -0.4 is 5.32 Å². The molecule has 4 heteroatoms. The highest BCUT2D eigenvalue weighted by atomic mass is 19.1. The zero-order valence-electron chi connectivity index (χ0n) is 12.9. The molecule has 0 aliphatic carbocycles. The number of nitrogens with zero attached hydrogens (tertiary/aromatic N) is 2. The van der Waals surface area contributed by atoms with E-state index >= 15 is 0 Å². The van der Waals surface area contributed by atoms with Crippen molar-refractivity contribution in [2.24, 2.45) is 0 Å². The van der Waals surface area contributed by atoms with Crippen LogP contribution in [0.3, 0.4) is 0 Å². The molecule has 1 aromatic carbocycles. The molecule has 0 saturated carbocycles. The molecular formula is C17H24FN3. The Hall–Kier alpha value is -1.44. The lowest BCUT2D eigenvalue weighted by Gasteiger charge is -2.36. The zero-order valence-corrected chi connectivity index (χ0v) is 12.9. The van der Waals surface area contributed by atoms with Crippen molar-refractivity contribution in [3.63, 3.8) is 0 Å².